The number of hydrogen-bond acceptors (Lipinski definition) is 7. The van der Waals surface area contributed by atoms with Gasteiger partial charge in [0.2, 0.25) is 0 Å². The van der Waals surface area contributed by atoms with Crippen molar-refractivity contribution in [1.82, 2.24) is 0 Å². The molecule has 8 nitrogen and oxygen atoms in total. The van der Waals surface area contributed by atoms with E-state index in [-0.39, 0.29) is 32.2 Å². The van der Waals surface area contributed by atoms with Gasteiger partial charge in [-0.25, -0.2) is 4.57 Å². The molecule has 0 fully saturated rings. The molecule has 9 heteroatoms. The summed E-state index contributed by atoms with van der Waals surface area (Å²) in [5.41, 5.74) is 0. The van der Waals surface area contributed by atoms with Gasteiger partial charge in [0.05, 0.1) is 13.2 Å². The Balaban J connectivity index is 4.02. The lowest BCUT2D eigenvalue weighted by Gasteiger charge is -2.19. The predicted octanol–water partition coefficient (Wildman–Crippen LogP) is 14.5. The van der Waals surface area contributed by atoms with Gasteiger partial charge in [-0.3, -0.25) is 18.6 Å². The van der Waals surface area contributed by atoms with Crippen molar-refractivity contribution in [2.75, 3.05) is 19.8 Å². The Hall–Kier alpha value is -1.21. The summed E-state index contributed by atoms with van der Waals surface area (Å²) in [7, 11) is -4.28. The highest BCUT2D eigenvalue weighted by atomic mass is 31.2. The molecule has 0 aliphatic rings. The molecule has 0 radical (unpaired) electrons. The maximum Gasteiger partial charge on any atom is 0.472 e. The van der Waals surface area contributed by atoms with E-state index in [1.165, 1.54) is 161 Å². The van der Waals surface area contributed by atoms with Crippen molar-refractivity contribution in [3.63, 3.8) is 0 Å². The number of allylic oxidation sites excluding steroid dienone is 2. The van der Waals surface area contributed by atoms with Crippen molar-refractivity contribution in [3.8, 4) is 0 Å². The van der Waals surface area contributed by atoms with Gasteiger partial charge in [-0.2, -0.15) is 0 Å². The first kappa shape index (κ1) is 52.8. The van der Waals surface area contributed by atoms with Gasteiger partial charge >= 0.3 is 19.8 Å². The van der Waals surface area contributed by atoms with Gasteiger partial charge in [-0.15, -0.1) is 0 Å². The molecule has 320 valence electrons. The largest absolute Gasteiger partial charge is 0.472 e. The van der Waals surface area contributed by atoms with Crippen LogP contribution in [0.15, 0.2) is 12.2 Å². The van der Waals surface area contributed by atoms with Crippen LogP contribution in [-0.2, 0) is 32.7 Å². The van der Waals surface area contributed by atoms with Gasteiger partial charge in [-0.05, 0) is 45.4 Å². The minimum atomic E-state index is -4.28. The molecule has 0 spiro atoms. The van der Waals surface area contributed by atoms with Crippen LogP contribution < -0.4 is 0 Å². The van der Waals surface area contributed by atoms with Gasteiger partial charge in [0.15, 0.2) is 6.10 Å². The van der Waals surface area contributed by atoms with Gasteiger partial charge in [0.25, 0.3) is 0 Å². The second-order valence-electron chi connectivity index (χ2n) is 15.4. The number of carbonyl (C=O) groups is 2. The molecular weight excluding hydrogens is 699 g/mol. The minimum absolute atomic E-state index is 0.00291. The summed E-state index contributed by atoms with van der Waals surface area (Å²) in [5, 5.41) is 0. The van der Waals surface area contributed by atoms with Crippen molar-refractivity contribution < 1.29 is 37.6 Å². The van der Waals surface area contributed by atoms with E-state index in [0.717, 1.165) is 38.5 Å². The molecule has 0 aliphatic heterocycles. The summed E-state index contributed by atoms with van der Waals surface area (Å²) < 4.78 is 32.7. The highest BCUT2D eigenvalue weighted by Gasteiger charge is 2.25. The van der Waals surface area contributed by atoms with E-state index in [9.17, 15) is 19.0 Å². The second-order valence-corrected chi connectivity index (χ2v) is 16.9. The van der Waals surface area contributed by atoms with Crippen molar-refractivity contribution in [3.05, 3.63) is 12.2 Å². The van der Waals surface area contributed by atoms with E-state index in [0.29, 0.717) is 12.8 Å². The zero-order valence-corrected chi connectivity index (χ0v) is 36.5. The quantitative estimate of drug-likeness (QED) is 0.0282. The van der Waals surface area contributed by atoms with Crippen LogP contribution >= 0.6 is 7.82 Å². The van der Waals surface area contributed by atoms with Crippen LogP contribution in [0.25, 0.3) is 0 Å². The Labute approximate surface area is 333 Å². The topological polar surface area (TPSA) is 108 Å². The molecule has 0 aliphatic carbocycles. The van der Waals surface area contributed by atoms with Crippen molar-refractivity contribution >= 4 is 19.8 Å². The molecule has 0 amide bonds. The number of rotatable bonds is 43. The van der Waals surface area contributed by atoms with Gasteiger partial charge in [0.1, 0.15) is 6.61 Å². The monoisotopic (exact) mass is 787 g/mol. The van der Waals surface area contributed by atoms with Crippen molar-refractivity contribution in [1.29, 1.82) is 0 Å². The molecular formula is C45H87O8P. The minimum Gasteiger partial charge on any atom is -0.462 e. The maximum absolute atomic E-state index is 12.6. The van der Waals surface area contributed by atoms with Crippen LogP contribution in [-0.4, -0.2) is 42.8 Å². The van der Waals surface area contributed by atoms with Gasteiger partial charge < -0.3 is 14.4 Å². The highest BCUT2D eigenvalue weighted by molar-refractivity contribution is 7.47. The number of carbonyl (C=O) groups excluding carboxylic acids is 2. The summed E-state index contributed by atoms with van der Waals surface area (Å²) in [6.07, 6.45) is 44.0. The standard InChI is InChI=1S/C45H87O8P/c1-4-7-9-11-13-15-17-19-21-23-24-26-28-30-32-34-36-38-40-45(47)53-43(42-52-54(48,49)51-6-3)41-50-44(46)39-37-35-33-31-29-27-25-22-20-18-16-14-12-10-8-5-2/h21,23,43H,4-20,22,24-42H2,1-3H3,(H,48,49)/b23-21-. The summed E-state index contributed by atoms with van der Waals surface area (Å²) >= 11 is 0. The van der Waals surface area contributed by atoms with Crippen molar-refractivity contribution in [2.45, 2.75) is 245 Å². The van der Waals surface area contributed by atoms with Gasteiger partial charge in [0, 0.05) is 12.8 Å². The Morgan fingerprint density at radius 3 is 1.22 bits per heavy atom. The van der Waals surface area contributed by atoms with Gasteiger partial charge in [-0.1, -0.05) is 193 Å². The summed E-state index contributed by atoms with van der Waals surface area (Å²) in [5.74, 6) is -0.789. The number of phosphoric acid groups is 1. The number of esters is 2. The molecule has 0 aromatic rings. The molecule has 0 saturated carbocycles. The fraction of sp³-hybridized carbons (Fsp3) is 0.911. The van der Waals surface area contributed by atoms with Crippen LogP contribution in [0.2, 0.25) is 0 Å². The van der Waals surface area contributed by atoms with Crippen LogP contribution in [0, 0.1) is 0 Å². The molecule has 0 rings (SSSR count). The van der Waals surface area contributed by atoms with E-state index in [1.807, 2.05) is 0 Å². The summed E-state index contributed by atoms with van der Waals surface area (Å²) in [6.45, 7) is 5.51. The third-order valence-electron chi connectivity index (χ3n) is 10.1. The van der Waals surface area contributed by atoms with Crippen LogP contribution in [0.1, 0.15) is 239 Å². The second kappa shape index (κ2) is 41.4. The molecule has 2 unspecified atom stereocenters. The smallest absolute Gasteiger partial charge is 0.462 e. The number of phosphoric ester groups is 1. The fourth-order valence-electron chi connectivity index (χ4n) is 6.68. The van der Waals surface area contributed by atoms with Crippen LogP contribution in [0.3, 0.4) is 0 Å². The molecule has 0 aromatic carbocycles. The zero-order chi connectivity index (χ0) is 39.6. The van der Waals surface area contributed by atoms with Crippen LogP contribution in [0.5, 0.6) is 0 Å². The van der Waals surface area contributed by atoms with E-state index in [1.54, 1.807) is 6.92 Å². The first-order chi connectivity index (χ1) is 26.3. The predicted molar refractivity (Wildman–Crippen MR) is 226 cm³/mol. The number of unbranched alkanes of at least 4 members (excludes halogenated alkanes) is 29. The third kappa shape index (κ3) is 40.5. The van der Waals surface area contributed by atoms with E-state index < -0.39 is 19.9 Å². The maximum atomic E-state index is 12.6. The van der Waals surface area contributed by atoms with Crippen molar-refractivity contribution in [2.24, 2.45) is 0 Å². The normalized spacial score (nSPS) is 13.3. The molecule has 1 N–H and O–H groups in total. The third-order valence-corrected chi connectivity index (χ3v) is 11.1. The lowest BCUT2D eigenvalue weighted by Crippen LogP contribution is -2.29. The Kier molecular flexibility index (Phi) is 40.5. The van der Waals surface area contributed by atoms with E-state index >= 15 is 0 Å². The summed E-state index contributed by atoms with van der Waals surface area (Å²) in [4.78, 5) is 34.8. The molecule has 2 atom stereocenters. The van der Waals surface area contributed by atoms with E-state index in [2.05, 4.69) is 26.0 Å². The average Bonchev–Trinajstić information content (AvgIpc) is 3.15. The Morgan fingerprint density at radius 2 is 0.833 bits per heavy atom. The lowest BCUT2D eigenvalue weighted by atomic mass is 10.0. The number of ether oxygens (including phenoxy) is 2. The molecule has 0 saturated heterocycles. The van der Waals surface area contributed by atoms with Crippen LogP contribution in [0.4, 0.5) is 0 Å². The summed E-state index contributed by atoms with van der Waals surface area (Å²) in [6, 6.07) is 0. The Morgan fingerprint density at radius 1 is 0.481 bits per heavy atom. The molecule has 0 heterocycles. The molecule has 0 bridgehead atoms. The van der Waals surface area contributed by atoms with E-state index in [4.69, 9.17) is 18.5 Å². The highest BCUT2D eigenvalue weighted by Crippen LogP contribution is 2.43. The SMILES string of the molecule is CCCCCCCCC/C=C\CCCCCCCCCC(=O)OC(COC(=O)CCCCCCCCCCCCCCCCCC)COP(=O)(O)OCC. The number of hydrogen-bond donors (Lipinski definition) is 1. The fourth-order valence-corrected chi connectivity index (χ4v) is 7.44. The zero-order valence-electron chi connectivity index (χ0n) is 35.6. The lowest BCUT2D eigenvalue weighted by molar-refractivity contribution is -0.161. The first-order valence-corrected chi connectivity index (χ1v) is 24.5. The first-order valence-electron chi connectivity index (χ1n) is 23.0. The molecule has 54 heavy (non-hydrogen) atoms. The average molecular weight is 787 g/mol. The Bertz CT molecular complexity index is 895. The molecule has 0 aromatic heterocycles.